The van der Waals surface area contributed by atoms with Gasteiger partial charge in [0, 0.05) is 25.0 Å². The van der Waals surface area contributed by atoms with Crippen molar-refractivity contribution in [3.05, 3.63) is 34.4 Å². The number of hydrogen-bond donors (Lipinski definition) is 0. The zero-order valence-electron chi connectivity index (χ0n) is 21.1. The van der Waals surface area contributed by atoms with E-state index in [1.807, 2.05) is 0 Å². The van der Waals surface area contributed by atoms with E-state index in [1.165, 1.54) is 24.3 Å². The van der Waals surface area contributed by atoms with Crippen molar-refractivity contribution in [2.75, 3.05) is 19.4 Å². The van der Waals surface area contributed by atoms with E-state index in [9.17, 15) is 29.1 Å². The molecule has 1 aliphatic rings. The number of benzene rings is 1. The van der Waals surface area contributed by atoms with Crippen molar-refractivity contribution in [1.82, 2.24) is 5.06 Å². The molecule has 0 spiro atoms. The van der Waals surface area contributed by atoms with Crippen molar-refractivity contribution in [2.45, 2.75) is 77.6 Å². The minimum Gasteiger partial charge on any atom is -0.433 e. The van der Waals surface area contributed by atoms with Crippen LogP contribution in [0.3, 0.4) is 0 Å². The second kappa shape index (κ2) is 16.0. The van der Waals surface area contributed by atoms with E-state index in [2.05, 4.69) is 4.84 Å². The summed E-state index contributed by atoms with van der Waals surface area (Å²) in [6, 6.07) is 5.43. The Morgan fingerprint density at radius 1 is 0.946 bits per heavy atom. The van der Waals surface area contributed by atoms with Crippen LogP contribution in [0.4, 0.5) is 10.5 Å². The standard InChI is InChI=1S/C24H35N2O10P/c1-2-34-37(32,36-21-14-12-20(13-15-21)26(30)31)19-11-9-7-5-3-4-6-8-10-18-33-24(29)35-25-22(27)16-17-23(25)28/h12-15H,2-11,16-19H2,1H3. The van der Waals surface area contributed by atoms with Crippen molar-refractivity contribution in [2.24, 2.45) is 0 Å². The molecule has 2 amide bonds. The number of ether oxygens (including phenoxy) is 1. The molecule has 1 heterocycles. The number of hydrogen-bond acceptors (Lipinski definition) is 10. The molecule has 1 aliphatic heterocycles. The van der Waals surface area contributed by atoms with E-state index in [4.69, 9.17) is 13.8 Å². The molecule has 1 aromatic rings. The smallest absolute Gasteiger partial charge is 0.433 e. The minimum absolute atomic E-state index is 0.0406. The SMILES string of the molecule is CCOP(=O)(CCCCCCCCCCCOC(=O)ON1C(=O)CCC1=O)Oc1ccc([N+](=O)[O-])cc1. The summed E-state index contributed by atoms with van der Waals surface area (Å²) in [6.45, 7) is 2.15. The summed E-state index contributed by atoms with van der Waals surface area (Å²) in [5.41, 5.74) is -0.0676. The van der Waals surface area contributed by atoms with Gasteiger partial charge in [0.15, 0.2) is 0 Å². The van der Waals surface area contributed by atoms with Crippen LogP contribution in [0, 0.1) is 10.1 Å². The maximum atomic E-state index is 13.0. The molecule has 37 heavy (non-hydrogen) atoms. The summed E-state index contributed by atoms with van der Waals surface area (Å²) in [7, 11) is -3.33. The molecule has 13 heteroatoms. The van der Waals surface area contributed by atoms with E-state index in [1.54, 1.807) is 6.92 Å². The molecule has 1 saturated heterocycles. The van der Waals surface area contributed by atoms with Gasteiger partial charge in [-0.3, -0.25) is 24.5 Å². The molecule has 0 aromatic heterocycles. The van der Waals surface area contributed by atoms with Crippen LogP contribution in [0.5, 0.6) is 5.75 Å². The molecular formula is C24H35N2O10P. The van der Waals surface area contributed by atoms with Gasteiger partial charge in [-0.1, -0.05) is 50.0 Å². The van der Waals surface area contributed by atoms with Gasteiger partial charge in [-0.15, -0.1) is 0 Å². The lowest BCUT2D eigenvalue weighted by atomic mass is 10.1. The molecule has 206 valence electrons. The molecule has 1 atom stereocenters. The molecule has 1 unspecified atom stereocenters. The fourth-order valence-electron chi connectivity index (χ4n) is 3.68. The number of nitro benzene ring substituents is 1. The third kappa shape index (κ3) is 11.3. The van der Waals surface area contributed by atoms with Gasteiger partial charge in [0.1, 0.15) is 5.75 Å². The van der Waals surface area contributed by atoms with Crippen LogP contribution >= 0.6 is 7.60 Å². The topological polar surface area (TPSA) is 152 Å². The Morgan fingerprint density at radius 3 is 2.03 bits per heavy atom. The van der Waals surface area contributed by atoms with Gasteiger partial charge in [-0.2, -0.15) is 0 Å². The first-order valence-corrected chi connectivity index (χ1v) is 14.3. The van der Waals surface area contributed by atoms with Crippen LogP contribution in [0.1, 0.15) is 77.6 Å². The molecule has 1 fully saturated rings. The first-order chi connectivity index (χ1) is 17.7. The molecular weight excluding hydrogens is 507 g/mol. The summed E-state index contributed by atoms with van der Waals surface area (Å²) in [5.74, 6) is -0.803. The Labute approximate surface area is 216 Å². The first-order valence-electron chi connectivity index (χ1n) is 12.6. The number of nitro groups is 1. The summed E-state index contributed by atoms with van der Waals surface area (Å²) in [6.07, 6.45) is 7.57. The fourth-order valence-corrected chi connectivity index (χ4v) is 5.40. The number of amides is 2. The van der Waals surface area contributed by atoms with E-state index < -0.39 is 30.5 Å². The van der Waals surface area contributed by atoms with Crippen molar-refractivity contribution in [3.63, 3.8) is 0 Å². The number of non-ortho nitro benzene ring substituents is 1. The van der Waals surface area contributed by atoms with Crippen LogP contribution < -0.4 is 4.52 Å². The highest BCUT2D eigenvalue weighted by molar-refractivity contribution is 7.54. The van der Waals surface area contributed by atoms with E-state index in [0.717, 1.165) is 44.9 Å². The monoisotopic (exact) mass is 542 g/mol. The summed E-state index contributed by atoms with van der Waals surface area (Å²) < 4.78 is 28.8. The molecule has 0 aliphatic carbocycles. The quantitative estimate of drug-likeness (QED) is 0.0545. The number of hydroxylamine groups is 2. The zero-order valence-corrected chi connectivity index (χ0v) is 22.0. The van der Waals surface area contributed by atoms with Gasteiger partial charge in [0.2, 0.25) is 0 Å². The van der Waals surface area contributed by atoms with Crippen LogP contribution in [-0.2, 0) is 28.3 Å². The normalized spacial score (nSPS) is 14.9. The van der Waals surface area contributed by atoms with E-state index in [-0.39, 0.29) is 43.7 Å². The Bertz CT molecular complexity index is 937. The Hall–Kier alpha value is -2.98. The van der Waals surface area contributed by atoms with Crippen LogP contribution in [0.15, 0.2) is 24.3 Å². The summed E-state index contributed by atoms with van der Waals surface area (Å²) in [4.78, 5) is 49.2. The van der Waals surface area contributed by atoms with Crippen molar-refractivity contribution >= 4 is 31.3 Å². The Balaban J connectivity index is 1.49. The van der Waals surface area contributed by atoms with Gasteiger partial charge < -0.3 is 13.8 Å². The predicted molar refractivity (Wildman–Crippen MR) is 133 cm³/mol. The molecule has 2 rings (SSSR count). The number of rotatable bonds is 18. The molecule has 12 nitrogen and oxygen atoms in total. The second-order valence-corrected chi connectivity index (χ2v) is 10.7. The molecule has 0 radical (unpaired) electrons. The molecule has 0 bridgehead atoms. The highest BCUT2D eigenvalue weighted by Gasteiger charge is 2.33. The first kappa shape index (κ1) is 30.2. The zero-order chi connectivity index (χ0) is 27.1. The van der Waals surface area contributed by atoms with Crippen LogP contribution in [0.25, 0.3) is 0 Å². The highest BCUT2D eigenvalue weighted by atomic mass is 31.2. The molecule has 0 N–H and O–H groups in total. The third-order valence-corrected chi connectivity index (χ3v) is 7.59. The van der Waals surface area contributed by atoms with Crippen LogP contribution in [0.2, 0.25) is 0 Å². The van der Waals surface area contributed by atoms with Crippen molar-refractivity contribution in [1.29, 1.82) is 0 Å². The number of imide groups is 1. The van der Waals surface area contributed by atoms with E-state index >= 15 is 0 Å². The maximum Gasteiger partial charge on any atom is 0.533 e. The summed E-state index contributed by atoms with van der Waals surface area (Å²) >= 11 is 0. The van der Waals surface area contributed by atoms with Gasteiger partial charge in [-0.25, -0.2) is 9.36 Å². The molecule has 1 aromatic carbocycles. The average Bonchev–Trinajstić information content (AvgIpc) is 3.17. The largest absolute Gasteiger partial charge is 0.533 e. The third-order valence-electron chi connectivity index (χ3n) is 5.59. The lowest BCUT2D eigenvalue weighted by Gasteiger charge is -2.18. The van der Waals surface area contributed by atoms with Crippen molar-refractivity contribution in [3.8, 4) is 5.75 Å². The molecule has 0 saturated carbocycles. The lowest BCUT2D eigenvalue weighted by Crippen LogP contribution is -2.32. The Morgan fingerprint density at radius 2 is 1.49 bits per heavy atom. The highest BCUT2D eigenvalue weighted by Crippen LogP contribution is 2.49. The van der Waals surface area contributed by atoms with E-state index in [0.29, 0.717) is 17.9 Å². The second-order valence-electron chi connectivity index (χ2n) is 8.55. The Kier molecular flexibility index (Phi) is 13.1. The number of nitrogens with zero attached hydrogens (tertiary/aromatic N) is 2. The number of carbonyl (C=O) groups excluding carboxylic acids is 3. The average molecular weight is 543 g/mol. The van der Waals surface area contributed by atoms with Crippen molar-refractivity contribution < 1.29 is 42.5 Å². The number of unbranched alkanes of at least 4 members (excludes halogenated alkanes) is 8. The summed E-state index contributed by atoms with van der Waals surface area (Å²) in [5, 5.41) is 11.2. The van der Waals surface area contributed by atoms with Gasteiger partial charge in [0.05, 0.1) is 24.3 Å². The van der Waals surface area contributed by atoms with Gasteiger partial charge >= 0.3 is 13.8 Å². The predicted octanol–water partition coefficient (Wildman–Crippen LogP) is 5.93. The van der Waals surface area contributed by atoms with Gasteiger partial charge in [0.25, 0.3) is 17.5 Å². The maximum absolute atomic E-state index is 13.0. The van der Waals surface area contributed by atoms with Gasteiger partial charge in [-0.05, 0) is 31.9 Å². The van der Waals surface area contributed by atoms with Crippen LogP contribution in [-0.4, -0.2) is 47.3 Å². The fraction of sp³-hybridized carbons (Fsp3) is 0.625. The minimum atomic E-state index is -3.33. The number of carbonyl (C=O) groups is 3. The lowest BCUT2D eigenvalue weighted by molar-refractivity contribution is -0.384.